The maximum atomic E-state index is 13.7. The Morgan fingerprint density at radius 1 is 0.484 bits per heavy atom. The summed E-state index contributed by atoms with van der Waals surface area (Å²) in [5.74, 6) is -0.253. The van der Waals surface area contributed by atoms with Crippen molar-refractivity contribution in [1.82, 2.24) is 44.9 Å². The second-order valence-electron chi connectivity index (χ2n) is 22.6. The van der Waals surface area contributed by atoms with Gasteiger partial charge in [-0.2, -0.15) is 0 Å². The fraction of sp³-hybridized carbons (Fsp3) is 0.219. The molecule has 91 heavy (non-hydrogen) atoms. The molecule has 0 aliphatic heterocycles. The number of rotatable bonds is 18. The average molecular weight is 1350 g/mol. The summed E-state index contributed by atoms with van der Waals surface area (Å²) < 4.78 is 47.2. The van der Waals surface area contributed by atoms with Crippen molar-refractivity contribution < 1.29 is 32.3 Å². The number of hydrogen-bond donors (Lipinski definition) is 3. The molecule has 0 unspecified atom stereocenters. The van der Waals surface area contributed by atoms with Gasteiger partial charge in [-0.05, 0) is 163 Å². The smallest absolute Gasteiger partial charge is 0.196 e. The lowest BCUT2D eigenvalue weighted by atomic mass is 10.0. The molecule has 13 nitrogen and oxygen atoms in total. The van der Waals surface area contributed by atoms with E-state index in [1.807, 2.05) is 48.7 Å². The van der Waals surface area contributed by atoms with E-state index in [-0.39, 0.29) is 29.0 Å². The molecule has 0 fully saturated rings. The van der Waals surface area contributed by atoms with Crippen LogP contribution in [-0.2, 0) is 38.5 Å². The Morgan fingerprint density at radius 3 is 1.30 bits per heavy atom. The van der Waals surface area contributed by atoms with Crippen molar-refractivity contribution in [2.24, 2.45) is 0 Å². The summed E-state index contributed by atoms with van der Waals surface area (Å²) in [4.78, 5) is 70.6. The highest BCUT2D eigenvalue weighted by Gasteiger charge is 2.22. The number of aromatic amines is 3. The minimum absolute atomic E-state index is 0.0996. The molecule has 0 saturated heterocycles. The van der Waals surface area contributed by atoms with Crippen molar-refractivity contribution in [2.75, 3.05) is 7.11 Å². The second kappa shape index (κ2) is 33.5. The molecule has 18 heteroatoms. The van der Waals surface area contributed by atoms with Crippen LogP contribution in [0.25, 0.3) is 33.1 Å². The first kappa shape index (κ1) is 67.7. The van der Waals surface area contributed by atoms with Gasteiger partial charge < -0.3 is 19.7 Å². The number of aryl methyl sites for hydroxylation is 6. The van der Waals surface area contributed by atoms with E-state index in [4.69, 9.17) is 4.74 Å². The highest BCUT2D eigenvalue weighted by Crippen LogP contribution is 2.29. The normalized spacial score (nSPS) is 10.9. The van der Waals surface area contributed by atoms with Gasteiger partial charge in [0.2, 0.25) is 0 Å². The molecule has 12 aromatic rings. The largest absolute Gasteiger partial charge is 0.495 e. The SMILES string of the molecule is CC(C)[SiH](C(C)C)C(C)C.COc1cnc2[nH]cc(C(=O)c3ccc(CCc4ccccc4F)nc3)c2c1.Ic1c[nH]c2ncccc12.O=C(c1ccc(CCc2ccccc2F)nc1)c1c[nH]c2ncccc12.O=Cc1ccc(CCc2ccccc2F)nc1. The number of aromatic nitrogens is 9. The van der Waals surface area contributed by atoms with Gasteiger partial charge in [0.1, 0.15) is 40.1 Å². The van der Waals surface area contributed by atoms with Crippen molar-refractivity contribution in [3.63, 3.8) is 0 Å². The fourth-order valence-electron chi connectivity index (χ4n) is 10.9. The average Bonchev–Trinajstić information content (AvgIpc) is 1.89. The van der Waals surface area contributed by atoms with Gasteiger partial charge in [0.05, 0.1) is 13.3 Å². The van der Waals surface area contributed by atoms with Crippen LogP contribution in [0, 0.1) is 21.0 Å². The van der Waals surface area contributed by atoms with Crippen molar-refractivity contribution in [3.05, 3.63) is 278 Å². The number of nitrogens with zero attached hydrogens (tertiary/aromatic N) is 6. The topological polar surface area (TPSA) is 185 Å². The third kappa shape index (κ3) is 18.9. The van der Waals surface area contributed by atoms with Crippen LogP contribution in [0.2, 0.25) is 16.6 Å². The van der Waals surface area contributed by atoms with E-state index >= 15 is 0 Å². The summed E-state index contributed by atoms with van der Waals surface area (Å²) in [6.45, 7) is 14.3. The van der Waals surface area contributed by atoms with Gasteiger partial charge in [0.25, 0.3) is 0 Å². The maximum absolute atomic E-state index is 13.7. The third-order valence-corrected chi connectivity index (χ3v) is 20.9. The molecule has 9 heterocycles. The zero-order valence-electron chi connectivity index (χ0n) is 51.9. The Bertz CT molecular complexity index is 4290. The van der Waals surface area contributed by atoms with Crippen LogP contribution in [0.15, 0.2) is 195 Å². The zero-order chi connectivity index (χ0) is 64.8. The van der Waals surface area contributed by atoms with E-state index in [2.05, 4.69) is 115 Å². The van der Waals surface area contributed by atoms with Gasteiger partial charge in [0, 0.05) is 123 Å². The number of pyridine rings is 6. The number of ketones is 2. The first-order valence-corrected chi connectivity index (χ1v) is 33.2. The van der Waals surface area contributed by atoms with Gasteiger partial charge in [-0.15, -0.1) is 0 Å². The number of fused-ring (bicyclic) bond motifs is 3. The van der Waals surface area contributed by atoms with E-state index in [0.29, 0.717) is 105 Å². The Balaban J connectivity index is 0.000000156. The predicted octanol–water partition coefficient (Wildman–Crippen LogP) is 16.7. The van der Waals surface area contributed by atoms with Gasteiger partial charge in [-0.25, -0.2) is 28.1 Å². The van der Waals surface area contributed by atoms with Crippen LogP contribution in [-0.4, -0.2) is 78.6 Å². The standard InChI is InChI=1S/C22H18FN3O2.C21H16FN3O.C14H12FNO.C9H22Si.C7H5IN2/c1-28-17-10-18-19(13-26-22(18)25-12-17)21(27)15-7-9-16(24-11-15)8-6-14-4-2-3-5-20(14)23;22-19-6-2-1-4-14(19)7-9-16-10-8-15(12-24-16)20(26)18-13-25-21-17(18)5-3-11-23-21;15-14-4-2-1-3-12(14)6-8-13-7-5-11(10-17)9-16-13;1-7(2)10(8(3)4)9(5)6;8-6-4-10-7-5(6)2-1-3-9-7/h2-5,7,9-13H,6,8H2,1H3,(H,25,26);1-6,8,10-13H,7,9H2,(H,23,25);1-5,7,9-10H,6,8H2;7-10H,1-6H3;1-4H,(H,9,10). The lowest BCUT2D eigenvalue weighted by Crippen LogP contribution is -2.24. The molecule has 0 bridgehead atoms. The number of carbonyl (C=O) groups is 3. The summed E-state index contributed by atoms with van der Waals surface area (Å²) in [7, 11) is 1.10. The molecule has 0 aliphatic rings. The molecular weight excluding hydrogens is 1280 g/mol. The van der Waals surface area contributed by atoms with Gasteiger partial charge >= 0.3 is 0 Å². The van der Waals surface area contributed by atoms with Crippen LogP contribution in [0.5, 0.6) is 5.75 Å². The van der Waals surface area contributed by atoms with Crippen LogP contribution >= 0.6 is 22.6 Å². The summed E-state index contributed by atoms with van der Waals surface area (Å²) in [6, 6.07) is 40.3. The third-order valence-electron chi connectivity index (χ3n) is 15.4. The van der Waals surface area contributed by atoms with E-state index in [1.165, 1.54) is 33.4 Å². The van der Waals surface area contributed by atoms with Crippen molar-refractivity contribution >= 4 is 82.3 Å². The molecule has 0 atom stereocenters. The number of ether oxygens (including phenoxy) is 1. The Morgan fingerprint density at radius 2 is 0.901 bits per heavy atom. The van der Waals surface area contributed by atoms with E-state index < -0.39 is 8.80 Å². The molecular formula is C73H73F3IN9O4Si. The number of benzene rings is 3. The Hall–Kier alpha value is -9.27. The molecule has 0 amide bonds. The number of aldehydes is 1. The van der Waals surface area contributed by atoms with Gasteiger partial charge in [-0.3, -0.25) is 29.3 Å². The van der Waals surface area contributed by atoms with Crippen LogP contribution < -0.4 is 4.74 Å². The minimum Gasteiger partial charge on any atom is -0.495 e. The fourth-order valence-corrected chi connectivity index (χ4v) is 16.1. The number of carbonyl (C=O) groups excluding carboxylic acids is 3. The highest BCUT2D eigenvalue weighted by atomic mass is 127. The molecule has 0 aliphatic carbocycles. The first-order valence-electron chi connectivity index (χ1n) is 30.1. The monoisotopic (exact) mass is 1350 g/mol. The Labute approximate surface area is 543 Å². The lowest BCUT2D eigenvalue weighted by molar-refractivity contribution is 0.103. The molecule has 9 aromatic heterocycles. The molecule has 466 valence electrons. The number of hydrogen-bond acceptors (Lipinski definition) is 10. The van der Waals surface area contributed by atoms with Crippen LogP contribution in [0.3, 0.4) is 0 Å². The van der Waals surface area contributed by atoms with Gasteiger partial charge in [0.15, 0.2) is 17.9 Å². The molecule has 0 saturated carbocycles. The molecule has 12 rings (SSSR count). The predicted molar refractivity (Wildman–Crippen MR) is 366 cm³/mol. The van der Waals surface area contributed by atoms with Crippen molar-refractivity contribution in [1.29, 1.82) is 0 Å². The minimum atomic E-state index is -0.454. The van der Waals surface area contributed by atoms with E-state index in [0.717, 1.165) is 51.0 Å². The second-order valence-corrected chi connectivity index (χ2v) is 28.9. The molecule has 0 spiro atoms. The molecule has 0 radical (unpaired) electrons. The van der Waals surface area contributed by atoms with Crippen molar-refractivity contribution in [2.45, 2.75) is 96.7 Å². The first-order chi connectivity index (χ1) is 44.0. The molecule has 3 aromatic carbocycles. The summed E-state index contributed by atoms with van der Waals surface area (Å²) >= 11 is 2.28. The summed E-state index contributed by atoms with van der Waals surface area (Å²) in [6.07, 6.45) is 19.4. The molecule has 3 N–H and O–H groups in total. The van der Waals surface area contributed by atoms with Crippen LogP contribution in [0.4, 0.5) is 13.2 Å². The number of methoxy groups -OCH3 is 1. The summed E-state index contributed by atoms with van der Waals surface area (Å²) in [5.41, 5.74) is 12.3. The van der Waals surface area contributed by atoms with Crippen LogP contribution in [0.1, 0.15) is 118 Å². The lowest BCUT2D eigenvalue weighted by Gasteiger charge is -2.26. The maximum Gasteiger partial charge on any atom is 0.196 e. The number of halogens is 4. The Kier molecular flexibility index (Phi) is 24.9. The van der Waals surface area contributed by atoms with Crippen molar-refractivity contribution in [3.8, 4) is 5.75 Å². The highest BCUT2D eigenvalue weighted by molar-refractivity contribution is 14.1. The summed E-state index contributed by atoms with van der Waals surface area (Å²) in [5, 5.41) is 2.69. The zero-order valence-corrected chi connectivity index (χ0v) is 55.2. The van der Waals surface area contributed by atoms with Gasteiger partial charge in [-0.1, -0.05) is 113 Å². The van der Waals surface area contributed by atoms with E-state index in [9.17, 15) is 27.6 Å². The number of nitrogens with one attached hydrogen (secondary N) is 3. The van der Waals surface area contributed by atoms with E-state index in [1.54, 1.807) is 123 Å². The quantitative estimate of drug-likeness (QED) is 0.0323. The number of H-pyrrole nitrogens is 3.